The van der Waals surface area contributed by atoms with Crippen LogP contribution in [0.1, 0.15) is 36.6 Å². The van der Waals surface area contributed by atoms with E-state index in [-0.39, 0.29) is 11.7 Å². The average molecular weight is 278 g/mol. The Balaban J connectivity index is 1.88. The highest BCUT2D eigenvalue weighted by atomic mass is 16.5. The predicted molar refractivity (Wildman–Crippen MR) is 83.2 cm³/mol. The molecule has 1 unspecified atom stereocenters. The average Bonchev–Trinajstić information content (AvgIpc) is 2.77. The monoisotopic (exact) mass is 278 g/mol. The van der Waals surface area contributed by atoms with Crippen molar-refractivity contribution in [1.29, 1.82) is 0 Å². The second-order valence-corrected chi connectivity index (χ2v) is 5.59. The maximum absolute atomic E-state index is 6.09. The molecule has 2 aromatic carbocycles. The van der Waals surface area contributed by atoms with Crippen LogP contribution in [0.2, 0.25) is 0 Å². The van der Waals surface area contributed by atoms with E-state index in [1.54, 1.807) is 7.11 Å². The Bertz CT molecular complexity index is 702. The summed E-state index contributed by atoms with van der Waals surface area (Å²) in [5.74, 6) is 7.26. The van der Waals surface area contributed by atoms with E-state index in [1.807, 2.05) is 36.4 Å². The van der Waals surface area contributed by atoms with Crippen LogP contribution in [-0.4, -0.2) is 7.11 Å². The first kappa shape index (κ1) is 13.7. The van der Waals surface area contributed by atoms with Crippen LogP contribution in [-0.2, 0) is 10.3 Å². The molecular weight excluding hydrogens is 260 g/mol. The van der Waals surface area contributed by atoms with E-state index < -0.39 is 0 Å². The molecule has 2 nitrogen and oxygen atoms in total. The number of benzene rings is 2. The zero-order valence-electron chi connectivity index (χ0n) is 12.5. The van der Waals surface area contributed by atoms with E-state index in [4.69, 9.17) is 9.47 Å². The van der Waals surface area contributed by atoms with Crippen LogP contribution in [0.3, 0.4) is 0 Å². The van der Waals surface area contributed by atoms with Gasteiger partial charge in [-0.25, -0.2) is 0 Å². The molecule has 106 valence electrons. The minimum absolute atomic E-state index is 0.168. The molecule has 1 aliphatic rings. The van der Waals surface area contributed by atoms with Crippen molar-refractivity contribution in [3.05, 3.63) is 65.2 Å². The first-order valence-electron chi connectivity index (χ1n) is 7.03. The summed E-state index contributed by atoms with van der Waals surface area (Å²) in [7, 11) is 1.66. The van der Waals surface area contributed by atoms with Gasteiger partial charge in [0, 0.05) is 5.56 Å². The Kier molecular flexibility index (Phi) is 3.45. The third kappa shape index (κ3) is 2.66. The standard InChI is InChI=1S/C19H18O2/c1-19(2)17-7-5-4-6-16(17)18(21-19)13-10-14-8-11-15(20-3)12-9-14/h4-9,11-12,18H,1-3H3. The van der Waals surface area contributed by atoms with Gasteiger partial charge in [0.2, 0.25) is 0 Å². The number of methoxy groups -OCH3 is 1. The summed E-state index contributed by atoms with van der Waals surface area (Å²) in [6.07, 6.45) is -0.168. The molecule has 0 radical (unpaired) electrons. The molecule has 0 amide bonds. The summed E-state index contributed by atoms with van der Waals surface area (Å²) >= 11 is 0. The first-order valence-corrected chi connectivity index (χ1v) is 7.03. The van der Waals surface area contributed by atoms with Crippen LogP contribution in [0, 0.1) is 11.8 Å². The Morgan fingerprint density at radius 1 is 1.05 bits per heavy atom. The van der Waals surface area contributed by atoms with Crippen molar-refractivity contribution < 1.29 is 9.47 Å². The fourth-order valence-electron chi connectivity index (χ4n) is 2.63. The van der Waals surface area contributed by atoms with Gasteiger partial charge in [0.15, 0.2) is 0 Å². The van der Waals surface area contributed by atoms with Gasteiger partial charge < -0.3 is 9.47 Å². The molecule has 3 rings (SSSR count). The molecule has 1 aliphatic heterocycles. The fourth-order valence-corrected chi connectivity index (χ4v) is 2.63. The van der Waals surface area contributed by atoms with E-state index in [0.717, 1.165) is 11.3 Å². The molecule has 0 bridgehead atoms. The summed E-state index contributed by atoms with van der Waals surface area (Å²) in [4.78, 5) is 0. The van der Waals surface area contributed by atoms with Gasteiger partial charge in [-0.1, -0.05) is 36.1 Å². The summed E-state index contributed by atoms with van der Waals surface area (Å²) < 4.78 is 11.2. The normalized spacial score (nSPS) is 18.5. The van der Waals surface area contributed by atoms with Crippen molar-refractivity contribution in [2.24, 2.45) is 0 Å². The Hall–Kier alpha value is -2.24. The van der Waals surface area contributed by atoms with Crippen LogP contribution in [0.4, 0.5) is 0 Å². The van der Waals surface area contributed by atoms with Crippen LogP contribution < -0.4 is 4.74 Å². The quantitative estimate of drug-likeness (QED) is 0.733. The highest BCUT2D eigenvalue weighted by Crippen LogP contribution is 2.42. The fraction of sp³-hybridized carbons (Fsp3) is 0.263. The predicted octanol–water partition coefficient (Wildman–Crippen LogP) is 4.05. The zero-order valence-corrected chi connectivity index (χ0v) is 12.5. The smallest absolute Gasteiger partial charge is 0.145 e. The number of hydrogen-bond donors (Lipinski definition) is 0. The van der Waals surface area contributed by atoms with Crippen molar-refractivity contribution in [3.63, 3.8) is 0 Å². The van der Waals surface area contributed by atoms with Crippen molar-refractivity contribution in [1.82, 2.24) is 0 Å². The van der Waals surface area contributed by atoms with E-state index >= 15 is 0 Å². The summed E-state index contributed by atoms with van der Waals surface area (Å²) in [5, 5.41) is 0. The molecule has 0 spiro atoms. The first-order chi connectivity index (χ1) is 10.1. The molecular formula is C19H18O2. The van der Waals surface area contributed by atoms with Crippen LogP contribution in [0.25, 0.3) is 0 Å². The van der Waals surface area contributed by atoms with Crippen molar-refractivity contribution in [3.8, 4) is 17.6 Å². The van der Waals surface area contributed by atoms with E-state index in [0.29, 0.717) is 0 Å². The summed E-state index contributed by atoms with van der Waals surface area (Å²) in [6.45, 7) is 4.17. The van der Waals surface area contributed by atoms with Crippen LogP contribution in [0.5, 0.6) is 5.75 Å². The number of rotatable bonds is 1. The molecule has 0 N–H and O–H groups in total. The zero-order chi connectivity index (χ0) is 14.9. The van der Waals surface area contributed by atoms with Crippen molar-refractivity contribution in [2.75, 3.05) is 7.11 Å². The van der Waals surface area contributed by atoms with Gasteiger partial charge in [-0.15, -0.1) is 0 Å². The van der Waals surface area contributed by atoms with Crippen molar-refractivity contribution in [2.45, 2.75) is 25.6 Å². The van der Waals surface area contributed by atoms with Gasteiger partial charge in [0.25, 0.3) is 0 Å². The summed E-state index contributed by atoms with van der Waals surface area (Å²) in [6, 6.07) is 16.0. The van der Waals surface area contributed by atoms with Crippen LogP contribution in [0.15, 0.2) is 48.5 Å². The van der Waals surface area contributed by atoms with Gasteiger partial charge >= 0.3 is 0 Å². The maximum Gasteiger partial charge on any atom is 0.145 e. The van der Waals surface area contributed by atoms with Crippen LogP contribution >= 0.6 is 0 Å². The van der Waals surface area contributed by atoms with E-state index in [1.165, 1.54) is 11.1 Å². The highest BCUT2D eigenvalue weighted by Gasteiger charge is 2.36. The highest BCUT2D eigenvalue weighted by molar-refractivity contribution is 5.44. The van der Waals surface area contributed by atoms with Gasteiger partial charge in [-0.3, -0.25) is 0 Å². The third-order valence-electron chi connectivity index (χ3n) is 3.74. The molecule has 0 saturated carbocycles. The number of ether oxygens (including phenoxy) is 2. The maximum atomic E-state index is 6.09. The number of fused-ring (bicyclic) bond motifs is 1. The van der Waals surface area contributed by atoms with E-state index in [9.17, 15) is 0 Å². The Morgan fingerprint density at radius 2 is 1.76 bits per heavy atom. The molecule has 2 heteroatoms. The SMILES string of the molecule is COc1ccc(C#CC2OC(C)(C)c3ccccc32)cc1. The number of hydrogen-bond acceptors (Lipinski definition) is 2. The Labute approximate surface area is 125 Å². The molecule has 21 heavy (non-hydrogen) atoms. The Morgan fingerprint density at radius 3 is 2.48 bits per heavy atom. The lowest BCUT2D eigenvalue weighted by atomic mass is 9.95. The molecule has 0 fully saturated rings. The van der Waals surface area contributed by atoms with Gasteiger partial charge in [0.1, 0.15) is 11.9 Å². The molecule has 0 saturated heterocycles. The minimum Gasteiger partial charge on any atom is -0.497 e. The lowest BCUT2D eigenvalue weighted by Crippen LogP contribution is -2.15. The van der Waals surface area contributed by atoms with Gasteiger partial charge in [-0.05, 0) is 49.2 Å². The lowest BCUT2D eigenvalue weighted by molar-refractivity contribution is -0.0267. The summed E-state index contributed by atoms with van der Waals surface area (Å²) in [5.41, 5.74) is 3.07. The molecule has 0 aliphatic carbocycles. The third-order valence-corrected chi connectivity index (χ3v) is 3.74. The molecule has 2 aromatic rings. The largest absolute Gasteiger partial charge is 0.497 e. The second kappa shape index (κ2) is 5.27. The van der Waals surface area contributed by atoms with Crippen molar-refractivity contribution >= 4 is 0 Å². The van der Waals surface area contributed by atoms with Gasteiger partial charge in [0.05, 0.1) is 12.7 Å². The minimum atomic E-state index is -0.282. The topological polar surface area (TPSA) is 18.5 Å². The molecule has 1 heterocycles. The second-order valence-electron chi connectivity index (χ2n) is 5.59. The molecule has 0 aromatic heterocycles. The lowest BCUT2D eigenvalue weighted by Gasteiger charge is -2.18. The molecule has 1 atom stereocenters. The van der Waals surface area contributed by atoms with Gasteiger partial charge in [-0.2, -0.15) is 0 Å². The van der Waals surface area contributed by atoms with E-state index in [2.05, 4.69) is 37.8 Å².